The molecule has 260 valence electrons. The minimum absolute atomic E-state index is 0.0675. The summed E-state index contributed by atoms with van der Waals surface area (Å²) in [7, 11) is 0. The van der Waals surface area contributed by atoms with Crippen molar-refractivity contribution < 1.29 is 40.4 Å². The van der Waals surface area contributed by atoms with Gasteiger partial charge in [-0.1, -0.05) is 163 Å². The molecule has 0 saturated carbocycles. The molecular weight excluding hydrogens is 681 g/mol. The van der Waals surface area contributed by atoms with Crippen molar-refractivity contribution in [2.75, 3.05) is 0 Å². The molecule has 0 radical (unpaired) electrons. The highest BCUT2D eigenvalue weighted by atomic mass is 16.3. The third-order valence-corrected chi connectivity index (χ3v) is 9.99. The summed E-state index contributed by atoms with van der Waals surface area (Å²) in [6.07, 6.45) is 0. The Morgan fingerprint density at radius 1 is 0.304 bits per heavy atom. The first-order valence-electron chi connectivity index (χ1n) is 28.8. The van der Waals surface area contributed by atoms with Crippen molar-refractivity contribution >= 4 is 76.2 Å². The fraction of sp³-hybridized carbons (Fsp3) is 0. The second-order valence-electron chi connectivity index (χ2n) is 13.0. The summed E-state index contributed by atoms with van der Waals surface area (Å²) in [5.41, 5.74) is -2.63. The van der Waals surface area contributed by atoms with Crippen molar-refractivity contribution in [3.8, 4) is 44.5 Å². The van der Waals surface area contributed by atoms with Crippen LogP contribution in [-0.4, -0.2) is 0 Å². The summed E-state index contributed by atoms with van der Waals surface area (Å²) in [6, 6.07) is -2.07. The Kier molecular flexibility index (Phi) is 3.47. The Bertz CT molecular complexity index is 4770. The maximum Gasteiger partial charge on any atom is 0.136 e. The van der Waals surface area contributed by atoms with Crippen molar-refractivity contribution in [1.29, 1.82) is 0 Å². The Morgan fingerprint density at radius 2 is 0.786 bits per heavy atom. The number of benzene rings is 10. The summed E-state index contributed by atoms with van der Waals surface area (Å²) in [5, 5.41) is -3.80. The quantitative estimate of drug-likeness (QED) is 0.168. The zero-order chi connectivity index (χ0) is 56.8. The molecule has 0 aliphatic carbocycles. The summed E-state index contributed by atoms with van der Waals surface area (Å²) in [5.74, 6) is 0. The molecule has 0 fully saturated rings. The highest BCUT2D eigenvalue weighted by molar-refractivity contribution is 6.27. The van der Waals surface area contributed by atoms with Crippen LogP contribution in [0.25, 0.3) is 121 Å². The molecule has 0 aliphatic rings. The number of fused-ring (bicyclic) bond motifs is 10. The van der Waals surface area contributed by atoms with E-state index in [1.165, 1.54) is 0 Å². The minimum Gasteiger partial charge on any atom is -0.456 e. The fourth-order valence-corrected chi connectivity index (χ4v) is 7.56. The van der Waals surface area contributed by atoms with Crippen LogP contribution in [0.2, 0.25) is 0 Å². The van der Waals surface area contributed by atoms with Crippen molar-refractivity contribution in [3.63, 3.8) is 0 Å². The highest BCUT2D eigenvalue weighted by Gasteiger charge is 2.20. The number of rotatable bonds is 4. The Hall–Kier alpha value is -7.42. The van der Waals surface area contributed by atoms with Crippen molar-refractivity contribution in [3.05, 3.63) is 194 Å². The molecule has 0 spiro atoms. The first-order valence-corrected chi connectivity index (χ1v) is 17.3. The third kappa shape index (κ3) is 4.57. The third-order valence-electron chi connectivity index (χ3n) is 9.99. The Balaban J connectivity index is 1.27. The molecule has 0 amide bonds. The first kappa shape index (κ1) is 16.1. The number of para-hydroxylation sites is 1. The molecule has 12 rings (SSSR count). The van der Waals surface area contributed by atoms with E-state index in [1.807, 2.05) is 30.3 Å². The summed E-state index contributed by atoms with van der Waals surface area (Å²) >= 11 is 0. The van der Waals surface area contributed by atoms with Crippen LogP contribution in [0.5, 0.6) is 0 Å². The van der Waals surface area contributed by atoms with E-state index in [-0.39, 0.29) is 43.4 Å². The predicted octanol–water partition coefficient (Wildman–Crippen LogP) is 15.6. The van der Waals surface area contributed by atoms with Gasteiger partial charge in [0.1, 0.15) is 22.3 Å². The minimum atomic E-state index is -0.971. The van der Waals surface area contributed by atoms with Crippen molar-refractivity contribution in [2.45, 2.75) is 0 Å². The molecule has 56 heavy (non-hydrogen) atoms. The SMILES string of the molecule is [2H]c1c([2H])c([2H])c2c(oc3c([2H])c([2H])c4oc5c([2H])c(-c6c([2H])c([2H])c(-c7c8c([2H])c([2H])c([2H])c([2H])c8c(-c8ccc(-c9ccccc9)cc8)c8c([2H])c([2H])c([2H])c([2H])c78)c7c([2H])c([2H])c([2H])c([2H])c67)c([2H])c([2H])c5c4c32)c1[2H]. The predicted molar refractivity (Wildman–Crippen MR) is 235 cm³/mol. The lowest BCUT2D eigenvalue weighted by molar-refractivity contribution is 0.663. The van der Waals surface area contributed by atoms with E-state index in [0.717, 1.165) is 11.1 Å². The average Bonchev–Trinajstić information content (AvgIpc) is 4.29. The van der Waals surface area contributed by atoms with Gasteiger partial charge in [-0.05, 0) is 107 Å². The zero-order valence-electron chi connectivity index (χ0n) is 51.5. The van der Waals surface area contributed by atoms with Crippen molar-refractivity contribution in [1.82, 2.24) is 0 Å². The van der Waals surface area contributed by atoms with Gasteiger partial charge in [-0.25, -0.2) is 0 Å². The van der Waals surface area contributed by atoms with Gasteiger partial charge < -0.3 is 8.83 Å². The van der Waals surface area contributed by atoms with E-state index in [4.69, 9.17) is 25.3 Å². The number of hydrogen-bond donors (Lipinski definition) is 0. The van der Waals surface area contributed by atoms with Gasteiger partial charge in [0.2, 0.25) is 0 Å². The number of furan rings is 2. The number of hydrogen-bond acceptors (Lipinski definition) is 2. The molecule has 0 atom stereocenters. The fourth-order valence-electron chi connectivity index (χ4n) is 7.56. The summed E-state index contributed by atoms with van der Waals surface area (Å²) in [4.78, 5) is 0. The lowest BCUT2D eigenvalue weighted by Gasteiger charge is -2.20. The van der Waals surface area contributed by atoms with Crippen LogP contribution in [0.3, 0.4) is 0 Å². The van der Waals surface area contributed by atoms with Gasteiger partial charge in [0.15, 0.2) is 0 Å². The van der Waals surface area contributed by atoms with Crippen LogP contribution in [0.4, 0.5) is 0 Å². The molecule has 2 heterocycles. The lowest BCUT2D eigenvalue weighted by Crippen LogP contribution is -1.92. The molecule has 0 N–H and O–H groups in total. The zero-order valence-corrected chi connectivity index (χ0v) is 28.5. The molecule has 0 saturated heterocycles. The van der Waals surface area contributed by atoms with Gasteiger partial charge in [-0.15, -0.1) is 0 Å². The van der Waals surface area contributed by atoms with E-state index >= 15 is 0 Å². The van der Waals surface area contributed by atoms with Gasteiger partial charge in [0.05, 0.1) is 31.5 Å². The van der Waals surface area contributed by atoms with Crippen LogP contribution in [0.1, 0.15) is 31.5 Å². The average molecular weight is 736 g/mol. The molecule has 0 unspecified atom stereocenters. The molecule has 10 aromatic carbocycles. The van der Waals surface area contributed by atoms with E-state index in [9.17, 15) is 15.1 Å². The summed E-state index contributed by atoms with van der Waals surface area (Å²) in [6.45, 7) is 0. The van der Waals surface area contributed by atoms with Gasteiger partial charge in [-0.2, -0.15) is 0 Å². The Morgan fingerprint density at radius 3 is 1.45 bits per heavy atom. The molecule has 2 aromatic heterocycles. The van der Waals surface area contributed by atoms with E-state index in [2.05, 4.69) is 0 Å². The van der Waals surface area contributed by atoms with E-state index in [1.54, 1.807) is 24.3 Å². The monoisotopic (exact) mass is 735 g/mol. The van der Waals surface area contributed by atoms with Gasteiger partial charge >= 0.3 is 0 Å². The van der Waals surface area contributed by atoms with Gasteiger partial charge in [0, 0.05) is 21.5 Å². The molecule has 2 heteroatoms. The second-order valence-corrected chi connectivity index (χ2v) is 13.0. The smallest absolute Gasteiger partial charge is 0.136 e. The summed E-state index contributed by atoms with van der Waals surface area (Å²) < 4.78 is 223. The van der Waals surface area contributed by atoms with E-state index < -0.39 is 205 Å². The standard InChI is InChI=1S/C54H32O2/c1-2-12-33(13-3-1)34-22-24-35(25-23-34)51-40-16-6-8-18-42(40)52(43-19-9-7-17-41(43)51)44-29-28-37(38-14-4-5-15-39(38)44)36-26-27-46-50(32-36)56-49-31-30-48-53(54(46)49)45-20-10-11-21-47(45)55-48/h1-32H/i4D,5D,6D,7D,8D,9D,10D,11D,14D,15D,16D,17D,18D,19D,20D,21D,26D,27D,28D,29D,30D,31D,32D. The van der Waals surface area contributed by atoms with E-state index in [0.29, 0.717) is 0 Å². The maximum atomic E-state index is 9.99. The van der Waals surface area contributed by atoms with Crippen LogP contribution >= 0.6 is 0 Å². The highest BCUT2D eigenvalue weighted by Crippen LogP contribution is 2.47. The second kappa shape index (κ2) is 12.0. The molecule has 0 bridgehead atoms. The molecule has 2 nitrogen and oxygen atoms in total. The Labute approximate surface area is 354 Å². The normalized spacial score (nSPS) is 17.7. The molecular formula is C54H32O2. The van der Waals surface area contributed by atoms with Crippen LogP contribution in [0, 0.1) is 0 Å². The van der Waals surface area contributed by atoms with Crippen LogP contribution in [-0.2, 0) is 0 Å². The van der Waals surface area contributed by atoms with Crippen LogP contribution in [0.15, 0.2) is 202 Å². The lowest BCUT2D eigenvalue weighted by atomic mass is 9.83. The molecule has 12 aromatic rings. The van der Waals surface area contributed by atoms with Crippen LogP contribution < -0.4 is 0 Å². The maximum absolute atomic E-state index is 9.99. The van der Waals surface area contributed by atoms with Crippen molar-refractivity contribution in [2.24, 2.45) is 0 Å². The van der Waals surface area contributed by atoms with Gasteiger partial charge in [0.25, 0.3) is 0 Å². The molecule has 0 aliphatic heterocycles. The topological polar surface area (TPSA) is 26.3 Å². The first-order chi connectivity index (χ1) is 37.4. The van der Waals surface area contributed by atoms with Gasteiger partial charge in [-0.3, -0.25) is 0 Å². The largest absolute Gasteiger partial charge is 0.456 e.